The predicted octanol–water partition coefficient (Wildman–Crippen LogP) is 4.61. The van der Waals surface area contributed by atoms with Crippen molar-refractivity contribution in [2.24, 2.45) is 0 Å². The molecule has 0 aliphatic heterocycles. The van der Waals surface area contributed by atoms with Gasteiger partial charge in [-0.15, -0.1) is 13.2 Å². The molecule has 16 heavy (non-hydrogen) atoms. The van der Waals surface area contributed by atoms with Crippen molar-refractivity contribution in [3.63, 3.8) is 0 Å². The summed E-state index contributed by atoms with van der Waals surface area (Å²) in [5.41, 5.74) is 0.596. The van der Waals surface area contributed by atoms with E-state index >= 15 is 0 Å². The molecular weight excluding hydrogens is 292 g/mol. The second-order valence-corrected chi connectivity index (χ2v) is 4.37. The van der Waals surface area contributed by atoms with Crippen LogP contribution >= 0.6 is 15.9 Å². The molecule has 90 valence electrons. The fraction of sp³-hybridized carbons (Fsp3) is 0.400. The third-order valence-corrected chi connectivity index (χ3v) is 2.49. The van der Waals surface area contributed by atoms with E-state index in [-0.39, 0.29) is 10.4 Å². The molecule has 0 bridgehead atoms. The first-order valence-corrected chi connectivity index (χ1v) is 5.24. The highest BCUT2D eigenvalue weighted by atomic mass is 79.9. The zero-order chi connectivity index (χ0) is 12.5. The maximum Gasteiger partial charge on any atom is 0.573 e. The van der Waals surface area contributed by atoms with Crippen LogP contribution in [0.5, 0.6) is 5.75 Å². The van der Waals surface area contributed by atoms with E-state index < -0.39 is 17.9 Å². The van der Waals surface area contributed by atoms with Crippen LogP contribution in [0.4, 0.5) is 17.6 Å². The van der Waals surface area contributed by atoms with Crippen molar-refractivity contribution >= 4 is 15.9 Å². The van der Waals surface area contributed by atoms with E-state index in [1.54, 1.807) is 0 Å². The summed E-state index contributed by atoms with van der Waals surface area (Å²) in [5.74, 6) is -1.85. The second kappa shape index (κ2) is 4.61. The van der Waals surface area contributed by atoms with Crippen molar-refractivity contribution in [1.29, 1.82) is 0 Å². The lowest BCUT2D eigenvalue weighted by atomic mass is 10.0. The maximum absolute atomic E-state index is 13.3. The summed E-state index contributed by atoms with van der Waals surface area (Å²) in [6.07, 6.45) is -4.90. The average Bonchev–Trinajstić information content (AvgIpc) is 2.09. The topological polar surface area (TPSA) is 9.23 Å². The van der Waals surface area contributed by atoms with Crippen molar-refractivity contribution < 1.29 is 22.3 Å². The molecule has 0 N–H and O–H groups in total. The number of hydrogen-bond acceptors (Lipinski definition) is 1. The van der Waals surface area contributed by atoms with E-state index in [1.807, 2.05) is 13.8 Å². The van der Waals surface area contributed by atoms with Gasteiger partial charge in [0, 0.05) is 0 Å². The molecule has 0 unspecified atom stereocenters. The normalized spacial score (nSPS) is 12.0. The Labute approximate surface area is 98.5 Å². The first-order valence-electron chi connectivity index (χ1n) is 4.45. The molecule has 1 aromatic rings. The minimum atomic E-state index is -4.90. The van der Waals surface area contributed by atoms with Gasteiger partial charge >= 0.3 is 6.36 Å². The van der Waals surface area contributed by atoms with Gasteiger partial charge in [0.05, 0.1) is 4.47 Å². The van der Waals surface area contributed by atoms with Gasteiger partial charge in [-0.3, -0.25) is 0 Å². The minimum absolute atomic E-state index is 0.0192. The van der Waals surface area contributed by atoms with Crippen LogP contribution in [0.25, 0.3) is 0 Å². The largest absolute Gasteiger partial charge is 0.573 e. The van der Waals surface area contributed by atoms with E-state index in [0.717, 1.165) is 6.07 Å². The van der Waals surface area contributed by atoms with Crippen LogP contribution in [0.3, 0.4) is 0 Å². The first-order chi connectivity index (χ1) is 7.20. The number of rotatable bonds is 2. The number of hydrogen-bond donors (Lipinski definition) is 0. The van der Waals surface area contributed by atoms with Gasteiger partial charge in [-0.2, -0.15) is 0 Å². The van der Waals surface area contributed by atoms with E-state index in [4.69, 9.17) is 0 Å². The van der Waals surface area contributed by atoms with E-state index in [0.29, 0.717) is 5.56 Å². The van der Waals surface area contributed by atoms with Gasteiger partial charge in [0.2, 0.25) is 0 Å². The molecule has 0 saturated heterocycles. The Morgan fingerprint density at radius 2 is 1.81 bits per heavy atom. The molecule has 0 saturated carbocycles. The third kappa shape index (κ3) is 3.37. The molecule has 0 aromatic heterocycles. The zero-order valence-electron chi connectivity index (χ0n) is 8.53. The van der Waals surface area contributed by atoms with Gasteiger partial charge in [0.15, 0.2) is 11.6 Å². The predicted molar refractivity (Wildman–Crippen MR) is 54.9 cm³/mol. The number of halogens is 5. The van der Waals surface area contributed by atoms with Crippen LogP contribution < -0.4 is 4.74 Å². The van der Waals surface area contributed by atoms with Gasteiger partial charge in [0.1, 0.15) is 0 Å². The summed E-state index contributed by atoms with van der Waals surface area (Å²) in [7, 11) is 0. The summed E-state index contributed by atoms with van der Waals surface area (Å²) < 4.78 is 52.7. The van der Waals surface area contributed by atoms with Crippen LogP contribution in [-0.4, -0.2) is 6.36 Å². The van der Waals surface area contributed by atoms with Crippen molar-refractivity contribution in [3.05, 3.63) is 28.0 Å². The van der Waals surface area contributed by atoms with Crippen LogP contribution in [-0.2, 0) is 0 Å². The Kier molecular flexibility index (Phi) is 3.83. The Hall–Kier alpha value is -0.780. The SMILES string of the molecule is CC(C)c1cc(F)c(OC(F)(F)F)c(Br)c1. The molecular formula is C10H9BrF4O. The molecule has 0 aliphatic rings. The van der Waals surface area contributed by atoms with Gasteiger partial charge in [-0.25, -0.2) is 4.39 Å². The van der Waals surface area contributed by atoms with Crippen molar-refractivity contribution in [2.75, 3.05) is 0 Å². The second-order valence-electron chi connectivity index (χ2n) is 3.52. The van der Waals surface area contributed by atoms with Gasteiger partial charge in [0.25, 0.3) is 0 Å². The highest BCUT2D eigenvalue weighted by Crippen LogP contribution is 2.35. The molecule has 1 rings (SSSR count). The minimum Gasteiger partial charge on any atom is -0.401 e. The van der Waals surface area contributed by atoms with Crippen molar-refractivity contribution in [3.8, 4) is 5.75 Å². The highest BCUT2D eigenvalue weighted by molar-refractivity contribution is 9.10. The molecule has 0 heterocycles. The molecule has 0 radical (unpaired) electrons. The van der Waals surface area contributed by atoms with Crippen LogP contribution in [0.2, 0.25) is 0 Å². The lowest BCUT2D eigenvalue weighted by Gasteiger charge is -2.13. The quantitative estimate of drug-likeness (QED) is 0.725. The molecule has 0 aliphatic carbocycles. The molecule has 0 fully saturated rings. The van der Waals surface area contributed by atoms with E-state index in [1.165, 1.54) is 6.07 Å². The average molecular weight is 301 g/mol. The van der Waals surface area contributed by atoms with Crippen molar-refractivity contribution in [2.45, 2.75) is 26.1 Å². The number of benzene rings is 1. The standard InChI is InChI=1S/C10H9BrF4O/c1-5(2)6-3-7(11)9(8(12)4-6)16-10(13,14)15/h3-5H,1-2H3. The molecule has 0 spiro atoms. The maximum atomic E-state index is 13.3. The first kappa shape index (κ1) is 13.3. The lowest BCUT2D eigenvalue weighted by molar-refractivity contribution is -0.275. The zero-order valence-corrected chi connectivity index (χ0v) is 10.1. The molecule has 0 atom stereocenters. The summed E-state index contributed by atoms with van der Waals surface area (Å²) in [5, 5.41) is 0. The number of ether oxygens (including phenoxy) is 1. The van der Waals surface area contributed by atoms with Gasteiger partial charge in [-0.1, -0.05) is 13.8 Å². The summed E-state index contributed by atoms with van der Waals surface area (Å²) in [6.45, 7) is 3.62. The van der Waals surface area contributed by atoms with Crippen LogP contribution in [0, 0.1) is 5.82 Å². The smallest absolute Gasteiger partial charge is 0.401 e. The highest BCUT2D eigenvalue weighted by Gasteiger charge is 2.33. The molecule has 6 heteroatoms. The summed E-state index contributed by atoms with van der Waals surface area (Å²) >= 11 is 2.85. The third-order valence-electron chi connectivity index (χ3n) is 1.91. The fourth-order valence-electron chi connectivity index (χ4n) is 1.13. The van der Waals surface area contributed by atoms with Crippen LogP contribution in [0.1, 0.15) is 25.3 Å². The fourth-order valence-corrected chi connectivity index (χ4v) is 1.66. The van der Waals surface area contributed by atoms with Crippen molar-refractivity contribution in [1.82, 2.24) is 0 Å². The molecule has 1 nitrogen and oxygen atoms in total. The lowest BCUT2D eigenvalue weighted by Crippen LogP contribution is -2.18. The van der Waals surface area contributed by atoms with Gasteiger partial charge < -0.3 is 4.74 Å². The Bertz CT molecular complexity index is 364. The Balaban J connectivity index is 3.13. The van der Waals surface area contributed by atoms with Crippen LogP contribution in [0.15, 0.2) is 16.6 Å². The van der Waals surface area contributed by atoms with E-state index in [9.17, 15) is 17.6 Å². The Morgan fingerprint density at radius 1 is 1.25 bits per heavy atom. The summed E-state index contributed by atoms with van der Waals surface area (Å²) in [6, 6.07) is 2.45. The molecule has 0 amide bonds. The van der Waals surface area contributed by atoms with Gasteiger partial charge in [-0.05, 0) is 39.5 Å². The Morgan fingerprint density at radius 3 is 2.19 bits per heavy atom. The monoisotopic (exact) mass is 300 g/mol. The molecule has 1 aromatic carbocycles. The van der Waals surface area contributed by atoms with E-state index in [2.05, 4.69) is 20.7 Å². The summed E-state index contributed by atoms with van der Waals surface area (Å²) in [4.78, 5) is 0. The number of alkyl halides is 3.